The van der Waals surface area contributed by atoms with Gasteiger partial charge in [0.05, 0.1) is 12.0 Å². The first kappa shape index (κ1) is 12.1. The molecule has 0 N–H and O–H groups in total. The Morgan fingerprint density at radius 3 is 2.89 bits per heavy atom. The number of benzene rings is 1. The van der Waals surface area contributed by atoms with Gasteiger partial charge in [0.1, 0.15) is 5.82 Å². The second-order valence-electron chi connectivity index (χ2n) is 3.68. The molecule has 94 valence electrons. The van der Waals surface area contributed by atoms with Crippen LogP contribution < -0.4 is 4.74 Å². The summed E-state index contributed by atoms with van der Waals surface area (Å²) >= 11 is 0. The van der Waals surface area contributed by atoms with Gasteiger partial charge in [-0.25, -0.2) is 4.98 Å². The number of imidazole rings is 1. The van der Waals surface area contributed by atoms with E-state index in [1.807, 2.05) is 17.7 Å². The molecule has 0 aliphatic heterocycles. The highest BCUT2D eigenvalue weighted by Gasteiger charge is 2.17. The number of aryl methyl sites for hydroxylation is 1. The lowest BCUT2D eigenvalue weighted by Gasteiger charge is -2.06. The van der Waals surface area contributed by atoms with E-state index in [0.29, 0.717) is 11.4 Å². The minimum Gasteiger partial charge on any atom is -0.490 e. The van der Waals surface area contributed by atoms with Crippen molar-refractivity contribution in [1.82, 2.24) is 9.55 Å². The normalized spacial score (nSPS) is 10.3. The highest BCUT2D eigenvalue weighted by Crippen LogP contribution is 2.31. The highest BCUT2D eigenvalue weighted by molar-refractivity contribution is 5.64. The first-order valence-corrected chi connectivity index (χ1v) is 5.51. The van der Waals surface area contributed by atoms with Gasteiger partial charge in [-0.05, 0) is 19.1 Å². The highest BCUT2D eigenvalue weighted by atomic mass is 16.6. The molecule has 0 aliphatic rings. The molecule has 2 rings (SSSR count). The summed E-state index contributed by atoms with van der Waals surface area (Å²) in [6.07, 6.45) is 3.51. The van der Waals surface area contributed by atoms with Crippen LogP contribution in [0.1, 0.15) is 6.92 Å². The van der Waals surface area contributed by atoms with Crippen molar-refractivity contribution in [2.45, 2.75) is 13.5 Å². The van der Waals surface area contributed by atoms with Crippen molar-refractivity contribution in [2.24, 2.45) is 0 Å². The molecular formula is C12H13N3O3. The minimum atomic E-state index is -0.457. The smallest absolute Gasteiger partial charge is 0.311 e. The molecule has 1 aromatic carbocycles. The van der Waals surface area contributed by atoms with Crippen LogP contribution >= 0.6 is 0 Å². The number of aromatic nitrogens is 2. The number of nitro benzene ring substituents is 1. The maximum absolute atomic E-state index is 11.0. The van der Waals surface area contributed by atoms with Crippen LogP contribution in [0, 0.1) is 10.1 Å². The van der Waals surface area contributed by atoms with Crippen molar-refractivity contribution in [3.63, 3.8) is 0 Å². The Balaban J connectivity index is 2.53. The van der Waals surface area contributed by atoms with Crippen LogP contribution in [0.4, 0.5) is 5.69 Å². The first-order chi connectivity index (χ1) is 8.67. The zero-order chi connectivity index (χ0) is 13.1. The van der Waals surface area contributed by atoms with Crippen LogP contribution in [0.2, 0.25) is 0 Å². The number of hydrogen-bond donors (Lipinski definition) is 0. The van der Waals surface area contributed by atoms with E-state index in [4.69, 9.17) is 4.74 Å². The van der Waals surface area contributed by atoms with Crippen molar-refractivity contribution in [1.29, 1.82) is 0 Å². The summed E-state index contributed by atoms with van der Waals surface area (Å²) in [5.41, 5.74) is 0.648. The van der Waals surface area contributed by atoms with Crippen LogP contribution in [0.3, 0.4) is 0 Å². The first-order valence-electron chi connectivity index (χ1n) is 5.51. The van der Waals surface area contributed by atoms with E-state index in [1.165, 1.54) is 13.2 Å². The lowest BCUT2D eigenvalue weighted by atomic mass is 10.1. The number of nitrogens with zero attached hydrogens (tertiary/aromatic N) is 3. The van der Waals surface area contributed by atoms with Crippen LogP contribution in [-0.2, 0) is 6.54 Å². The van der Waals surface area contributed by atoms with Gasteiger partial charge in [0.25, 0.3) is 0 Å². The Bertz CT molecular complexity index is 578. The molecule has 18 heavy (non-hydrogen) atoms. The molecule has 0 amide bonds. The molecule has 0 atom stereocenters. The third-order valence-electron chi connectivity index (χ3n) is 2.69. The Hall–Kier alpha value is -2.37. The van der Waals surface area contributed by atoms with E-state index in [0.717, 1.165) is 6.54 Å². The van der Waals surface area contributed by atoms with Gasteiger partial charge in [0.2, 0.25) is 0 Å². The largest absolute Gasteiger partial charge is 0.490 e. The topological polar surface area (TPSA) is 70.2 Å². The van der Waals surface area contributed by atoms with Gasteiger partial charge in [-0.1, -0.05) is 0 Å². The third-order valence-corrected chi connectivity index (χ3v) is 2.69. The zero-order valence-electron chi connectivity index (χ0n) is 10.2. The summed E-state index contributed by atoms with van der Waals surface area (Å²) in [7, 11) is 1.41. The fourth-order valence-corrected chi connectivity index (χ4v) is 1.80. The third kappa shape index (κ3) is 2.04. The second-order valence-corrected chi connectivity index (χ2v) is 3.68. The fourth-order valence-electron chi connectivity index (χ4n) is 1.80. The number of nitro groups is 1. The van der Waals surface area contributed by atoms with E-state index in [1.54, 1.807) is 18.3 Å². The average molecular weight is 247 g/mol. The molecule has 0 unspecified atom stereocenters. The summed E-state index contributed by atoms with van der Waals surface area (Å²) < 4.78 is 6.89. The molecule has 0 radical (unpaired) electrons. The Morgan fingerprint density at radius 1 is 1.50 bits per heavy atom. The number of methoxy groups -OCH3 is 1. The van der Waals surface area contributed by atoms with E-state index in [-0.39, 0.29) is 11.4 Å². The Labute approximate surface area is 104 Å². The van der Waals surface area contributed by atoms with Crippen LogP contribution in [0.25, 0.3) is 11.4 Å². The summed E-state index contributed by atoms with van der Waals surface area (Å²) in [4.78, 5) is 14.7. The molecule has 0 bridgehead atoms. The average Bonchev–Trinajstić information content (AvgIpc) is 2.86. The molecule has 6 nitrogen and oxygen atoms in total. The van der Waals surface area contributed by atoms with Gasteiger partial charge in [-0.2, -0.15) is 0 Å². The monoisotopic (exact) mass is 247 g/mol. The number of hydrogen-bond acceptors (Lipinski definition) is 4. The molecule has 0 aliphatic carbocycles. The Kier molecular flexibility index (Phi) is 3.27. The fraction of sp³-hybridized carbons (Fsp3) is 0.250. The maximum atomic E-state index is 11.0. The van der Waals surface area contributed by atoms with E-state index >= 15 is 0 Å². The molecule has 0 fully saturated rings. The number of rotatable bonds is 4. The molecule has 6 heteroatoms. The summed E-state index contributed by atoms with van der Waals surface area (Å²) in [5, 5.41) is 11.0. The maximum Gasteiger partial charge on any atom is 0.311 e. The minimum absolute atomic E-state index is 0.0550. The van der Waals surface area contributed by atoms with Crippen LogP contribution in [-0.4, -0.2) is 21.6 Å². The van der Waals surface area contributed by atoms with Gasteiger partial charge >= 0.3 is 5.69 Å². The van der Waals surface area contributed by atoms with Gasteiger partial charge < -0.3 is 9.30 Å². The number of ether oxygens (including phenoxy) is 1. The standard InChI is InChI=1S/C12H13N3O3/c1-3-14-7-6-13-12(14)9-4-5-11(18-2)10(8-9)15(16)17/h4-8H,3H2,1-2H3. The van der Waals surface area contributed by atoms with Gasteiger partial charge in [-0.3, -0.25) is 10.1 Å². The van der Waals surface area contributed by atoms with Gasteiger partial charge in [0.15, 0.2) is 5.75 Å². The van der Waals surface area contributed by atoms with Crippen molar-refractivity contribution in [3.8, 4) is 17.1 Å². The molecule has 1 aromatic heterocycles. The summed E-state index contributed by atoms with van der Waals surface area (Å²) in [6, 6.07) is 4.83. The van der Waals surface area contributed by atoms with E-state index in [9.17, 15) is 10.1 Å². The lowest BCUT2D eigenvalue weighted by Crippen LogP contribution is -1.98. The van der Waals surface area contributed by atoms with Crippen molar-refractivity contribution in [3.05, 3.63) is 40.7 Å². The molecule has 0 saturated carbocycles. The van der Waals surface area contributed by atoms with E-state index < -0.39 is 4.92 Å². The second kappa shape index (κ2) is 4.87. The predicted octanol–water partition coefficient (Wildman–Crippen LogP) is 2.49. The van der Waals surface area contributed by atoms with Gasteiger partial charge in [0, 0.05) is 30.6 Å². The SMILES string of the molecule is CCn1ccnc1-c1ccc(OC)c([N+](=O)[O-])c1. The lowest BCUT2D eigenvalue weighted by molar-refractivity contribution is -0.385. The molecule has 1 heterocycles. The van der Waals surface area contributed by atoms with Crippen LogP contribution in [0.5, 0.6) is 5.75 Å². The van der Waals surface area contributed by atoms with Crippen molar-refractivity contribution in [2.75, 3.05) is 7.11 Å². The van der Waals surface area contributed by atoms with E-state index in [2.05, 4.69) is 4.98 Å². The predicted molar refractivity (Wildman–Crippen MR) is 66.5 cm³/mol. The van der Waals surface area contributed by atoms with Crippen molar-refractivity contribution >= 4 is 5.69 Å². The molecule has 2 aromatic rings. The molecular weight excluding hydrogens is 234 g/mol. The van der Waals surface area contributed by atoms with Gasteiger partial charge in [-0.15, -0.1) is 0 Å². The molecule has 0 spiro atoms. The summed E-state index contributed by atoms with van der Waals surface area (Å²) in [5.74, 6) is 0.960. The molecule has 0 saturated heterocycles. The van der Waals surface area contributed by atoms with Crippen LogP contribution in [0.15, 0.2) is 30.6 Å². The quantitative estimate of drug-likeness (QED) is 0.614. The zero-order valence-corrected chi connectivity index (χ0v) is 10.2. The van der Waals surface area contributed by atoms with Crippen molar-refractivity contribution < 1.29 is 9.66 Å². The summed E-state index contributed by atoms with van der Waals surface area (Å²) in [6.45, 7) is 2.75. The Morgan fingerprint density at radius 2 is 2.28 bits per heavy atom.